The highest BCUT2D eigenvalue weighted by Gasteiger charge is 2.44. The van der Waals surface area contributed by atoms with Gasteiger partial charge in [0, 0.05) is 0 Å². The summed E-state index contributed by atoms with van der Waals surface area (Å²) in [6.07, 6.45) is 0.336. The number of imide groups is 1. The number of amides is 2. The van der Waals surface area contributed by atoms with E-state index in [0.717, 1.165) is 12.8 Å². The zero-order chi connectivity index (χ0) is 13.6. The monoisotopic (exact) mass is 261 g/mol. The maximum Gasteiger partial charge on any atom is 0.335 e. The van der Waals surface area contributed by atoms with E-state index in [1.807, 2.05) is 0 Å². The van der Waals surface area contributed by atoms with Gasteiger partial charge in [-0.1, -0.05) is 12.1 Å². The van der Waals surface area contributed by atoms with E-state index < -0.39 is 23.9 Å². The lowest BCUT2D eigenvalue weighted by molar-refractivity contribution is -0.178. The lowest BCUT2D eigenvalue weighted by Crippen LogP contribution is -2.39. The Morgan fingerprint density at radius 1 is 1.21 bits per heavy atom. The Morgan fingerprint density at radius 3 is 2.16 bits per heavy atom. The van der Waals surface area contributed by atoms with Crippen molar-refractivity contribution < 1.29 is 24.3 Å². The van der Waals surface area contributed by atoms with Crippen LogP contribution in [0.3, 0.4) is 0 Å². The van der Waals surface area contributed by atoms with Crippen LogP contribution in [0.15, 0.2) is 24.3 Å². The van der Waals surface area contributed by atoms with Crippen molar-refractivity contribution in [3.63, 3.8) is 0 Å². The van der Waals surface area contributed by atoms with Crippen molar-refractivity contribution in [2.24, 2.45) is 5.92 Å². The van der Waals surface area contributed by atoms with Crippen LogP contribution in [0.2, 0.25) is 0 Å². The summed E-state index contributed by atoms with van der Waals surface area (Å²) in [5.41, 5.74) is 0.486. The van der Waals surface area contributed by atoms with Gasteiger partial charge in [0.05, 0.1) is 11.1 Å². The van der Waals surface area contributed by atoms with E-state index in [4.69, 9.17) is 9.94 Å². The largest absolute Gasteiger partial charge is 0.479 e. The lowest BCUT2D eigenvalue weighted by atomic mass is 10.1. The average molecular weight is 261 g/mol. The first kappa shape index (κ1) is 11.9. The van der Waals surface area contributed by atoms with Crippen molar-refractivity contribution >= 4 is 17.8 Å². The summed E-state index contributed by atoms with van der Waals surface area (Å²) >= 11 is 0. The number of hydroxylamine groups is 2. The first-order valence-electron chi connectivity index (χ1n) is 5.97. The number of hydrogen-bond acceptors (Lipinski definition) is 4. The Balaban J connectivity index is 1.85. The Morgan fingerprint density at radius 2 is 1.74 bits per heavy atom. The van der Waals surface area contributed by atoms with Crippen LogP contribution in [0.25, 0.3) is 0 Å². The summed E-state index contributed by atoms with van der Waals surface area (Å²) in [7, 11) is 0. The number of rotatable bonds is 4. The van der Waals surface area contributed by atoms with Gasteiger partial charge in [-0.25, -0.2) is 9.63 Å². The highest BCUT2D eigenvalue weighted by molar-refractivity contribution is 6.20. The second kappa shape index (κ2) is 4.17. The standard InChI is InChI=1S/C13H11NO5/c15-11-8-3-1-2-4-9(8)12(16)14(11)19-10(13(17)18)7-5-6-7/h1-4,7,10H,5-6H2,(H,17,18). The van der Waals surface area contributed by atoms with Gasteiger partial charge in [0.2, 0.25) is 0 Å². The Bertz CT molecular complexity index is 543. The van der Waals surface area contributed by atoms with Gasteiger partial charge in [0.1, 0.15) is 0 Å². The molecular weight excluding hydrogens is 250 g/mol. The molecular formula is C13H11NO5. The third kappa shape index (κ3) is 1.90. The molecule has 0 radical (unpaired) electrons. The quantitative estimate of drug-likeness (QED) is 0.820. The molecule has 1 aromatic rings. The number of carbonyl (C=O) groups is 3. The SMILES string of the molecule is O=C(O)C(ON1C(=O)c2ccccc2C1=O)C1CC1. The maximum atomic E-state index is 12.0. The van der Waals surface area contributed by atoms with Gasteiger partial charge in [-0.05, 0) is 30.9 Å². The minimum Gasteiger partial charge on any atom is -0.479 e. The number of carboxylic acids is 1. The van der Waals surface area contributed by atoms with Crippen molar-refractivity contribution in [3.8, 4) is 0 Å². The first-order valence-corrected chi connectivity index (χ1v) is 5.97. The van der Waals surface area contributed by atoms with Gasteiger partial charge in [0.25, 0.3) is 11.8 Å². The predicted octanol–water partition coefficient (Wildman–Crippen LogP) is 1.08. The fourth-order valence-electron chi connectivity index (χ4n) is 2.11. The summed E-state index contributed by atoms with van der Waals surface area (Å²) < 4.78 is 0. The van der Waals surface area contributed by atoms with Crippen LogP contribution in [0.1, 0.15) is 33.6 Å². The third-order valence-corrected chi connectivity index (χ3v) is 3.27. The molecule has 1 aromatic carbocycles. The van der Waals surface area contributed by atoms with Crippen LogP contribution >= 0.6 is 0 Å². The molecule has 1 unspecified atom stereocenters. The molecule has 3 rings (SSSR count). The van der Waals surface area contributed by atoms with Crippen molar-refractivity contribution in [2.75, 3.05) is 0 Å². The van der Waals surface area contributed by atoms with Gasteiger partial charge in [-0.15, -0.1) is 5.06 Å². The van der Waals surface area contributed by atoms with E-state index in [0.29, 0.717) is 5.06 Å². The number of carbonyl (C=O) groups excluding carboxylic acids is 2. The summed E-state index contributed by atoms with van der Waals surface area (Å²) in [5.74, 6) is -2.49. The second-order valence-electron chi connectivity index (χ2n) is 4.65. The summed E-state index contributed by atoms with van der Waals surface area (Å²) in [6.45, 7) is 0. The van der Waals surface area contributed by atoms with E-state index in [9.17, 15) is 14.4 Å². The zero-order valence-electron chi connectivity index (χ0n) is 9.91. The summed E-state index contributed by atoms with van der Waals surface area (Å²) in [4.78, 5) is 40.2. The molecule has 1 N–H and O–H groups in total. The number of carboxylic acid groups (broad SMARTS) is 1. The second-order valence-corrected chi connectivity index (χ2v) is 4.65. The molecule has 0 bridgehead atoms. The number of nitrogens with zero attached hydrogens (tertiary/aromatic N) is 1. The van der Waals surface area contributed by atoms with Gasteiger partial charge in [-0.3, -0.25) is 9.59 Å². The normalized spacial score (nSPS) is 19.5. The van der Waals surface area contributed by atoms with Gasteiger partial charge in [-0.2, -0.15) is 0 Å². The first-order chi connectivity index (χ1) is 9.09. The maximum absolute atomic E-state index is 12.0. The van der Waals surface area contributed by atoms with Crippen LogP contribution in [0, 0.1) is 5.92 Å². The van der Waals surface area contributed by atoms with Crippen LogP contribution in [0.4, 0.5) is 0 Å². The number of hydrogen-bond donors (Lipinski definition) is 1. The minimum absolute atomic E-state index is 0.123. The Kier molecular flexibility index (Phi) is 2.60. The summed E-state index contributed by atoms with van der Waals surface area (Å²) in [5, 5.41) is 9.63. The Labute approximate surface area is 108 Å². The van der Waals surface area contributed by atoms with Crippen molar-refractivity contribution in [3.05, 3.63) is 35.4 Å². The molecule has 2 aliphatic rings. The van der Waals surface area contributed by atoms with Gasteiger partial charge >= 0.3 is 5.97 Å². The molecule has 6 heteroatoms. The fourth-order valence-corrected chi connectivity index (χ4v) is 2.11. The zero-order valence-corrected chi connectivity index (χ0v) is 9.91. The van der Waals surface area contributed by atoms with Gasteiger partial charge < -0.3 is 5.11 Å². The molecule has 2 amide bonds. The predicted molar refractivity (Wildman–Crippen MR) is 62.2 cm³/mol. The molecule has 98 valence electrons. The molecule has 0 saturated heterocycles. The van der Waals surface area contributed by atoms with E-state index in [1.54, 1.807) is 12.1 Å². The topological polar surface area (TPSA) is 83.9 Å². The molecule has 1 atom stereocenters. The molecule has 1 fully saturated rings. The smallest absolute Gasteiger partial charge is 0.335 e. The van der Waals surface area contributed by atoms with Gasteiger partial charge in [0.15, 0.2) is 6.10 Å². The number of aliphatic carboxylic acids is 1. The van der Waals surface area contributed by atoms with Crippen molar-refractivity contribution in [1.29, 1.82) is 0 Å². The molecule has 19 heavy (non-hydrogen) atoms. The van der Waals surface area contributed by atoms with E-state index >= 15 is 0 Å². The lowest BCUT2D eigenvalue weighted by Gasteiger charge is -2.18. The molecule has 0 spiro atoms. The van der Waals surface area contributed by atoms with E-state index in [-0.39, 0.29) is 17.0 Å². The molecule has 1 aliphatic carbocycles. The van der Waals surface area contributed by atoms with Crippen LogP contribution < -0.4 is 0 Å². The van der Waals surface area contributed by atoms with Crippen LogP contribution in [0.5, 0.6) is 0 Å². The summed E-state index contributed by atoms with van der Waals surface area (Å²) in [6, 6.07) is 6.32. The number of fused-ring (bicyclic) bond motifs is 1. The van der Waals surface area contributed by atoms with E-state index in [1.165, 1.54) is 12.1 Å². The average Bonchev–Trinajstić information content (AvgIpc) is 3.19. The molecule has 1 saturated carbocycles. The molecule has 1 aliphatic heterocycles. The highest BCUT2D eigenvalue weighted by atomic mass is 16.7. The Hall–Kier alpha value is -2.21. The van der Waals surface area contributed by atoms with Crippen LogP contribution in [-0.2, 0) is 9.63 Å². The number of benzene rings is 1. The van der Waals surface area contributed by atoms with Crippen molar-refractivity contribution in [2.45, 2.75) is 18.9 Å². The molecule has 1 heterocycles. The van der Waals surface area contributed by atoms with Crippen molar-refractivity contribution in [1.82, 2.24) is 5.06 Å². The molecule has 6 nitrogen and oxygen atoms in total. The molecule has 0 aromatic heterocycles. The van der Waals surface area contributed by atoms with E-state index in [2.05, 4.69) is 0 Å². The third-order valence-electron chi connectivity index (χ3n) is 3.27. The highest BCUT2D eigenvalue weighted by Crippen LogP contribution is 2.36. The fraction of sp³-hybridized carbons (Fsp3) is 0.308. The van der Waals surface area contributed by atoms with Crippen LogP contribution in [-0.4, -0.2) is 34.1 Å². The minimum atomic E-state index is -1.15.